The molecule has 1 aliphatic heterocycles. The number of anilines is 1. The molecule has 2 aromatic rings. The Kier molecular flexibility index (Phi) is 4.98. The minimum absolute atomic E-state index is 0.0641. The lowest BCUT2D eigenvalue weighted by Gasteiger charge is -2.32. The van der Waals surface area contributed by atoms with Gasteiger partial charge in [0.2, 0.25) is 5.95 Å². The summed E-state index contributed by atoms with van der Waals surface area (Å²) in [6.45, 7) is 5.18. The Balaban J connectivity index is 1.80. The van der Waals surface area contributed by atoms with E-state index >= 15 is 0 Å². The monoisotopic (exact) mass is 345 g/mol. The number of nitrogens with zero attached hydrogens (tertiary/aromatic N) is 5. The minimum Gasteiger partial charge on any atom is -0.368 e. The van der Waals surface area contributed by atoms with Crippen molar-refractivity contribution in [1.82, 2.24) is 20.0 Å². The number of aromatic nitrogens is 3. The fourth-order valence-electron chi connectivity index (χ4n) is 2.86. The number of hydrogen-bond donors (Lipinski definition) is 0. The summed E-state index contributed by atoms with van der Waals surface area (Å²) in [5, 5.41) is 3.93. The molecule has 1 fully saturated rings. The van der Waals surface area contributed by atoms with Gasteiger partial charge in [0.15, 0.2) is 0 Å². The predicted molar refractivity (Wildman–Crippen MR) is 91.6 cm³/mol. The van der Waals surface area contributed by atoms with Crippen LogP contribution in [0.4, 0.5) is 5.95 Å². The largest absolute Gasteiger partial charge is 0.368 e. The van der Waals surface area contributed by atoms with Crippen LogP contribution < -0.4 is 4.90 Å². The normalized spacial score (nSPS) is 17.6. The third-order valence-electron chi connectivity index (χ3n) is 4.22. The predicted octanol–water partition coefficient (Wildman–Crippen LogP) is 1.62. The van der Waals surface area contributed by atoms with E-state index in [1.807, 2.05) is 32.0 Å². The van der Waals surface area contributed by atoms with Crippen LogP contribution in [0, 0.1) is 6.92 Å². The Morgan fingerprint density at radius 3 is 2.96 bits per heavy atom. The fraction of sp³-hybridized carbons (Fsp3) is 0.529. The molecule has 1 amide bonds. The number of hydrogen-bond acceptors (Lipinski definition) is 7. The zero-order chi connectivity index (χ0) is 18.0. The molecular formula is C17H23N5O3. The molecule has 1 aliphatic rings. The molecule has 0 unspecified atom stereocenters. The highest BCUT2D eigenvalue weighted by Gasteiger charge is 2.30. The maximum absolute atomic E-state index is 12.9. The van der Waals surface area contributed by atoms with E-state index in [4.69, 9.17) is 9.26 Å². The summed E-state index contributed by atoms with van der Waals surface area (Å²) in [6, 6.07) is 1.83. The van der Waals surface area contributed by atoms with E-state index in [1.165, 1.54) is 0 Å². The molecule has 0 radical (unpaired) electrons. The van der Waals surface area contributed by atoms with Crippen molar-refractivity contribution < 1.29 is 14.1 Å². The second-order valence-corrected chi connectivity index (χ2v) is 6.21. The van der Waals surface area contributed by atoms with Crippen molar-refractivity contribution in [3.63, 3.8) is 0 Å². The molecule has 3 rings (SSSR count). The standard InChI is InChI=1S/C17H23N5O3/c1-5-13-15(11(2)20-25-13)16(23)22-8-9-24-14(10-22)12-6-7-18-17(19-12)21(3)4/h6-7,14H,5,8-10H2,1-4H3/t14-/m0/s1. The van der Waals surface area contributed by atoms with Gasteiger partial charge >= 0.3 is 0 Å². The first-order valence-electron chi connectivity index (χ1n) is 8.37. The van der Waals surface area contributed by atoms with Gasteiger partial charge in [-0.1, -0.05) is 12.1 Å². The van der Waals surface area contributed by atoms with Crippen molar-refractivity contribution >= 4 is 11.9 Å². The summed E-state index contributed by atoms with van der Waals surface area (Å²) in [6.07, 6.45) is 2.07. The number of carbonyl (C=O) groups is 1. The molecule has 0 aliphatic carbocycles. The lowest BCUT2D eigenvalue weighted by molar-refractivity contribution is -0.0248. The van der Waals surface area contributed by atoms with Crippen molar-refractivity contribution in [2.24, 2.45) is 0 Å². The van der Waals surface area contributed by atoms with Crippen LogP contribution in [-0.2, 0) is 11.2 Å². The molecule has 0 aromatic carbocycles. The average molecular weight is 345 g/mol. The Bertz CT molecular complexity index is 758. The van der Waals surface area contributed by atoms with Crippen molar-refractivity contribution in [3.8, 4) is 0 Å². The average Bonchev–Trinajstić information content (AvgIpc) is 3.02. The van der Waals surface area contributed by atoms with Gasteiger partial charge < -0.3 is 19.1 Å². The van der Waals surface area contributed by atoms with E-state index in [2.05, 4.69) is 15.1 Å². The van der Waals surface area contributed by atoms with Crippen molar-refractivity contribution in [2.45, 2.75) is 26.4 Å². The van der Waals surface area contributed by atoms with Gasteiger partial charge in [0.05, 0.1) is 24.5 Å². The van der Waals surface area contributed by atoms with Crippen LogP contribution in [0.15, 0.2) is 16.8 Å². The van der Waals surface area contributed by atoms with Crippen molar-refractivity contribution in [2.75, 3.05) is 38.7 Å². The number of carbonyl (C=O) groups excluding carboxylic acids is 1. The van der Waals surface area contributed by atoms with Gasteiger partial charge in [-0.3, -0.25) is 4.79 Å². The van der Waals surface area contributed by atoms with Gasteiger partial charge in [0, 0.05) is 33.3 Å². The number of rotatable bonds is 4. The SMILES string of the molecule is CCc1onc(C)c1C(=O)N1CCO[C@H](c2ccnc(N(C)C)n2)C1. The van der Waals surface area contributed by atoms with Crippen LogP contribution in [0.3, 0.4) is 0 Å². The third-order valence-corrected chi connectivity index (χ3v) is 4.22. The highest BCUT2D eigenvalue weighted by atomic mass is 16.5. The second kappa shape index (κ2) is 7.18. The first-order valence-corrected chi connectivity index (χ1v) is 8.37. The third kappa shape index (κ3) is 3.48. The molecule has 25 heavy (non-hydrogen) atoms. The maximum Gasteiger partial charge on any atom is 0.259 e. The molecule has 1 saturated heterocycles. The Labute approximate surface area is 146 Å². The van der Waals surface area contributed by atoms with Gasteiger partial charge in [-0.25, -0.2) is 9.97 Å². The first-order chi connectivity index (χ1) is 12.0. The molecule has 8 heteroatoms. The summed E-state index contributed by atoms with van der Waals surface area (Å²) in [5.74, 6) is 1.18. The van der Waals surface area contributed by atoms with Gasteiger partial charge in [-0.05, 0) is 13.0 Å². The molecule has 3 heterocycles. The molecule has 0 bridgehead atoms. The van der Waals surface area contributed by atoms with E-state index in [-0.39, 0.29) is 12.0 Å². The highest BCUT2D eigenvalue weighted by Crippen LogP contribution is 2.24. The van der Waals surface area contributed by atoms with E-state index in [9.17, 15) is 4.79 Å². The summed E-state index contributed by atoms with van der Waals surface area (Å²) >= 11 is 0. The van der Waals surface area contributed by atoms with Gasteiger partial charge in [0.25, 0.3) is 5.91 Å². The molecule has 0 N–H and O–H groups in total. The molecular weight excluding hydrogens is 322 g/mol. The quantitative estimate of drug-likeness (QED) is 0.832. The van der Waals surface area contributed by atoms with Crippen LogP contribution in [0.5, 0.6) is 0 Å². The number of ether oxygens (including phenoxy) is 1. The zero-order valence-electron chi connectivity index (χ0n) is 15.0. The van der Waals surface area contributed by atoms with Crippen LogP contribution in [-0.4, -0.2) is 59.7 Å². The second-order valence-electron chi connectivity index (χ2n) is 6.21. The van der Waals surface area contributed by atoms with Gasteiger partial charge in [0.1, 0.15) is 17.4 Å². The lowest BCUT2D eigenvalue weighted by Crippen LogP contribution is -2.42. The lowest BCUT2D eigenvalue weighted by atomic mass is 10.1. The van der Waals surface area contributed by atoms with Gasteiger partial charge in [-0.2, -0.15) is 0 Å². The highest BCUT2D eigenvalue weighted by molar-refractivity contribution is 5.96. The Morgan fingerprint density at radius 1 is 1.44 bits per heavy atom. The molecule has 134 valence electrons. The fourth-order valence-corrected chi connectivity index (χ4v) is 2.86. The van der Waals surface area contributed by atoms with Crippen LogP contribution in [0.25, 0.3) is 0 Å². The minimum atomic E-state index is -0.273. The molecule has 0 saturated carbocycles. The van der Waals surface area contributed by atoms with Crippen LogP contribution in [0.2, 0.25) is 0 Å². The van der Waals surface area contributed by atoms with E-state index in [0.29, 0.717) is 49.1 Å². The Morgan fingerprint density at radius 2 is 2.24 bits per heavy atom. The zero-order valence-corrected chi connectivity index (χ0v) is 15.0. The Hall–Kier alpha value is -2.48. The summed E-state index contributed by atoms with van der Waals surface area (Å²) in [5.41, 5.74) is 1.97. The maximum atomic E-state index is 12.9. The topological polar surface area (TPSA) is 84.6 Å². The first kappa shape index (κ1) is 17.3. The number of aryl methyl sites for hydroxylation is 2. The van der Waals surface area contributed by atoms with Gasteiger partial charge in [-0.15, -0.1) is 0 Å². The smallest absolute Gasteiger partial charge is 0.259 e. The molecule has 0 spiro atoms. The van der Waals surface area contributed by atoms with E-state index < -0.39 is 0 Å². The summed E-state index contributed by atoms with van der Waals surface area (Å²) in [7, 11) is 3.77. The van der Waals surface area contributed by atoms with Crippen LogP contribution >= 0.6 is 0 Å². The number of amides is 1. The molecule has 1 atom stereocenters. The molecule has 8 nitrogen and oxygen atoms in total. The van der Waals surface area contributed by atoms with Crippen molar-refractivity contribution in [3.05, 3.63) is 35.0 Å². The summed E-state index contributed by atoms with van der Waals surface area (Å²) < 4.78 is 11.1. The van der Waals surface area contributed by atoms with Crippen LogP contribution in [0.1, 0.15) is 40.5 Å². The number of morpholine rings is 1. The molecule has 2 aromatic heterocycles. The summed E-state index contributed by atoms with van der Waals surface area (Å²) in [4.78, 5) is 25.3. The van der Waals surface area contributed by atoms with E-state index in [0.717, 1.165) is 5.69 Å². The van der Waals surface area contributed by atoms with Crippen molar-refractivity contribution in [1.29, 1.82) is 0 Å². The van der Waals surface area contributed by atoms with E-state index in [1.54, 1.807) is 18.0 Å².